The molecule has 1 aromatic rings. The predicted octanol–water partition coefficient (Wildman–Crippen LogP) is 1.31. The fraction of sp³-hybridized carbons (Fsp3) is 0.538. The lowest BCUT2D eigenvalue weighted by atomic mass is 9.99. The van der Waals surface area contributed by atoms with Crippen LogP contribution in [0.15, 0.2) is 18.3 Å². The highest BCUT2D eigenvalue weighted by Crippen LogP contribution is 2.25. The van der Waals surface area contributed by atoms with Crippen LogP contribution in [-0.4, -0.2) is 53.2 Å². The summed E-state index contributed by atoms with van der Waals surface area (Å²) in [7, 11) is 2.09. The largest absolute Gasteiger partial charge is 0.478 e. The van der Waals surface area contributed by atoms with Gasteiger partial charge in [-0.05, 0) is 33.0 Å². The molecule has 0 unspecified atom stereocenters. The van der Waals surface area contributed by atoms with Crippen LogP contribution in [0.3, 0.4) is 0 Å². The zero-order chi connectivity index (χ0) is 13.3. The molecule has 1 aromatic heterocycles. The first-order valence-electron chi connectivity index (χ1n) is 6.06. The van der Waals surface area contributed by atoms with Crippen LogP contribution in [-0.2, 0) is 0 Å². The number of aromatic carboxylic acids is 1. The third-order valence-electron chi connectivity index (χ3n) is 3.63. The van der Waals surface area contributed by atoms with Crippen molar-refractivity contribution in [2.24, 2.45) is 0 Å². The molecule has 2 rings (SSSR count). The van der Waals surface area contributed by atoms with Gasteiger partial charge < -0.3 is 10.0 Å². The second-order valence-electron chi connectivity index (χ2n) is 5.34. The van der Waals surface area contributed by atoms with Crippen molar-refractivity contribution in [1.82, 2.24) is 9.88 Å². The van der Waals surface area contributed by atoms with Crippen molar-refractivity contribution in [2.45, 2.75) is 19.4 Å². The predicted molar refractivity (Wildman–Crippen MR) is 70.1 cm³/mol. The molecule has 0 atom stereocenters. The van der Waals surface area contributed by atoms with Crippen molar-refractivity contribution in [3.05, 3.63) is 23.9 Å². The molecular formula is C13H19N3O2. The maximum absolute atomic E-state index is 11.2. The van der Waals surface area contributed by atoms with E-state index in [1.807, 2.05) is 0 Å². The van der Waals surface area contributed by atoms with Gasteiger partial charge in [-0.25, -0.2) is 9.78 Å². The Bertz CT molecular complexity index is 459. The molecular weight excluding hydrogens is 230 g/mol. The van der Waals surface area contributed by atoms with E-state index in [1.165, 1.54) is 0 Å². The number of aromatic nitrogens is 1. The van der Waals surface area contributed by atoms with Gasteiger partial charge in [-0.3, -0.25) is 4.90 Å². The van der Waals surface area contributed by atoms with Crippen molar-refractivity contribution in [3.63, 3.8) is 0 Å². The van der Waals surface area contributed by atoms with E-state index in [1.54, 1.807) is 18.3 Å². The molecule has 1 saturated heterocycles. The molecule has 18 heavy (non-hydrogen) atoms. The number of piperazine rings is 1. The zero-order valence-corrected chi connectivity index (χ0v) is 11.1. The lowest BCUT2D eigenvalue weighted by Gasteiger charge is -2.46. The van der Waals surface area contributed by atoms with E-state index in [4.69, 9.17) is 0 Å². The lowest BCUT2D eigenvalue weighted by Crippen LogP contribution is -2.58. The van der Waals surface area contributed by atoms with E-state index >= 15 is 0 Å². The molecule has 98 valence electrons. The fourth-order valence-corrected chi connectivity index (χ4v) is 2.24. The van der Waals surface area contributed by atoms with Crippen molar-refractivity contribution in [2.75, 3.05) is 31.6 Å². The van der Waals surface area contributed by atoms with Crippen molar-refractivity contribution in [1.29, 1.82) is 0 Å². The summed E-state index contributed by atoms with van der Waals surface area (Å²) in [4.78, 5) is 19.8. The molecule has 0 bridgehead atoms. The van der Waals surface area contributed by atoms with E-state index in [2.05, 4.69) is 35.7 Å². The van der Waals surface area contributed by atoms with Gasteiger partial charge in [0.25, 0.3) is 0 Å². The molecule has 0 aromatic carbocycles. The van der Waals surface area contributed by atoms with Crippen molar-refractivity contribution >= 4 is 11.8 Å². The Labute approximate surface area is 107 Å². The van der Waals surface area contributed by atoms with Gasteiger partial charge in [0.1, 0.15) is 11.4 Å². The Morgan fingerprint density at radius 3 is 2.78 bits per heavy atom. The number of pyridine rings is 1. The van der Waals surface area contributed by atoms with E-state index in [9.17, 15) is 9.90 Å². The van der Waals surface area contributed by atoms with Crippen LogP contribution in [0.5, 0.6) is 0 Å². The van der Waals surface area contributed by atoms with Crippen molar-refractivity contribution in [3.8, 4) is 0 Å². The van der Waals surface area contributed by atoms with E-state index in [0.29, 0.717) is 5.82 Å². The van der Waals surface area contributed by atoms with Crippen LogP contribution in [0.2, 0.25) is 0 Å². The summed E-state index contributed by atoms with van der Waals surface area (Å²) >= 11 is 0. The molecule has 0 aliphatic carbocycles. The standard InChI is InChI=1S/C13H19N3O2/c1-13(2)9-16(8-7-15(13)3)11-10(12(17)18)5-4-6-14-11/h4-6H,7-9H2,1-3H3,(H,17,18). The van der Waals surface area contributed by atoms with Gasteiger partial charge >= 0.3 is 5.97 Å². The Balaban J connectivity index is 2.30. The number of hydrogen-bond donors (Lipinski definition) is 1. The molecule has 0 saturated carbocycles. The topological polar surface area (TPSA) is 56.7 Å². The second kappa shape index (κ2) is 4.57. The third-order valence-corrected chi connectivity index (χ3v) is 3.63. The number of nitrogens with zero attached hydrogens (tertiary/aromatic N) is 3. The molecule has 0 radical (unpaired) electrons. The molecule has 1 N–H and O–H groups in total. The average molecular weight is 249 g/mol. The molecule has 5 nitrogen and oxygen atoms in total. The molecule has 2 heterocycles. The number of carboxylic acids is 1. The smallest absolute Gasteiger partial charge is 0.339 e. The minimum Gasteiger partial charge on any atom is -0.478 e. The Hall–Kier alpha value is -1.62. The minimum atomic E-state index is -0.921. The maximum Gasteiger partial charge on any atom is 0.339 e. The van der Waals surface area contributed by atoms with Gasteiger partial charge in [-0.1, -0.05) is 0 Å². The highest BCUT2D eigenvalue weighted by atomic mass is 16.4. The molecule has 1 aliphatic heterocycles. The summed E-state index contributed by atoms with van der Waals surface area (Å²) in [6.07, 6.45) is 1.65. The second-order valence-corrected chi connectivity index (χ2v) is 5.34. The summed E-state index contributed by atoms with van der Waals surface area (Å²) in [5.41, 5.74) is 0.295. The van der Waals surface area contributed by atoms with E-state index in [0.717, 1.165) is 19.6 Å². The molecule has 5 heteroatoms. The quantitative estimate of drug-likeness (QED) is 0.856. The number of rotatable bonds is 2. The van der Waals surface area contributed by atoms with Gasteiger partial charge in [-0.2, -0.15) is 0 Å². The van der Waals surface area contributed by atoms with Crippen LogP contribution < -0.4 is 4.90 Å². The first-order valence-corrected chi connectivity index (χ1v) is 6.06. The van der Waals surface area contributed by atoms with Gasteiger partial charge in [0.2, 0.25) is 0 Å². The van der Waals surface area contributed by atoms with Crippen LogP contribution in [0, 0.1) is 0 Å². The number of anilines is 1. The van der Waals surface area contributed by atoms with Gasteiger partial charge in [0, 0.05) is 31.4 Å². The Kier molecular flexibility index (Phi) is 3.26. The number of hydrogen-bond acceptors (Lipinski definition) is 4. The van der Waals surface area contributed by atoms with Gasteiger partial charge in [-0.15, -0.1) is 0 Å². The summed E-state index contributed by atoms with van der Waals surface area (Å²) in [6.45, 7) is 6.80. The van der Waals surface area contributed by atoms with E-state index in [-0.39, 0.29) is 11.1 Å². The maximum atomic E-state index is 11.2. The zero-order valence-electron chi connectivity index (χ0n) is 11.1. The summed E-state index contributed by atoms with van der Waals surface area (Å²) < 4.78 is 0. The van der Waals surface area contributed by atoms with E-state index < -0.39 is 5.97 Å². The first-order chi connectivity index (χ1) is 8.42. The molecule has 1 fully saturated rings. The molecule has 1 aliphatic rings. The molecule has 0 amide bonds. The lowest BCUT2D eigenvalue weighted by molar-refractivity contribution is 0.0696. The first kappa shape index (κ1) is 12.8. The van der Waals surface area contributed by atoms with Gasteiger partial charge in [0.05, 0.1) is 0 Å². The minimum absolute atomic E-state index is 0.0194. The van der Waals surface area contributed by atoms with Crippen LogP contribution in [0.1, 0.15) is 24.2 Å². The fourth-order valence-electron chi connectivity index (χ4n) is 2.24. The SMILES string of the molecule is CN1CCN(c2ncccc2C(=O)O)CC1(C)C. The van der Waals surface area contributed by atoms with Crippen LogP contribution in [0.4, 0.5) is 5.82 Å². The van der Waals surface area contributed by atoms with Gasteiger partial charge in [0.15, 0.2) is 0 Å². The monoisotopic (exact) mass is 249 g/mol. The van der Waals surface area contributed by atoms with Crippen LogP contribution >= 0.6 is 0 Å². The Morgan fingerprint density at radius 1 is 1.44 bits per heavy atom. The normalized spacial score (nSPS) is 19.8. The number of likely N-dealkylation sites (N-methyl/N-ethyl adjacent to an activating group) is 1. The highest BCUT2D eigenvalue weighted by Gasteiger charge is 2.32. The average Bonchev–Trinajstić information content (AvgIpc) is 2.32. The van der Waals surface area contributed by atoms with Crippen LogP contribution in [0.25, 0.3) is 0 Å². The number of carbonyl (C=O) groups is 1. The number of carboxylic acid groups (broad SMARTS) is 1. The summed E-state index contributed by atoms with van der Waals surface area (Å²) in [5, 5.41) is 9.20. The summed E-state index contributed by atoms with van der Waals surface area (Å²) in [5.74, 6) is -0.346. The Morgan fingerprint density at radius 2 is 2.17 bits per heavy atom. The molecule has 0 spiro atoms. The highest BCUT2D eigenvalue weighted by molar-refractivity contribution is 5.93. The van der Waals surface area contributed by atoms with Crippen molar-refractivity contribution < 1.29 is 9.90 Å². The third kappa shape index (κ3) is 2.31. The summed E-state index contributed by atoms with van der Waals surface area (Å²) in [6, 6.07) is 3.27.